The Balaban J connectivity index is 1.97. The Labute approximate surface area is 173 Å². The number of benzene rings is 1. The molecule has 1 aliphatic carbocycles. The fourth-order valence-electron chi connectivity index (χ4n) is 4.90. The second kappa shape index (κ2) is 7.01. The van der Waals surface area contributed by atoms with Gasteiger partial charge in [-0.2, -0.15) is 0 Å². The molecule has 1 aromatic heterocycles. The van der Waals surface area contributed by atoms with E-state index in [1.165, 1.54) is 59.2 Å². The van der Waals surface area contributed by atoms with E-state index in [4.69, 9.17) is 0 Å². The lowest BCUT2D eigenvalue weighted by atomic mass is 9.63. The second-order valence-electron chi connectivity index (χ2n) is 11.4. The number of hydrogen-bond acceptors (Lipinski definition) is 0. The first-order chi connectivity index (χ1) is 12.8. The van der Waals surface area contributed by atoms with Crippen LogP contribution in [0.1, 0.15) is 89.5 Å². The molecule has 28 heavy (non-hydrogen) atoms. The Bertz CT molecular complexity index is 870. The quantitative estimate of drug-likeness (QED) is 0.498. The molecule has 152 valence electrons. The maximum Gasteiger partial charge on any atom is 0.212 e. The summed E-state index contributed by atoms with van der Waals surface area (Å²) in [6.07, 6.45) is 7.57. The summed E-state index contributed by atoms with van der Waals surface area (Å²) in [5.41, 5.74) is 9.39. The van der Waals surface area contributed by atoms with Crippen molar-refractivity contribution in [1.82, 2.24) is 0 Å². The van der Waals surface area contributed by atoms with Crippen molar-refractivity contribution in [2.24, 2.45) is 12.5 Å². The van der Waals surface area contributed by atoms with Gasteiger partial charge in [0.25, 0.3) is 0 Å². The van der Waals surface area contributed by atoms with E-state index in [-0.39, 0.29) is 5.41 Å². The van der Waals surface area contributed by atoms with E-state index in [2.05, 4.69) is 97.5 Å². The zero-order chi connectivity index (χ0) is 20.9. The van der Waals surface area contributed by atoms with E-state index in [9.17, 15) is 0 Å². The minimum absolute atomic E-state index is 0.169. The van der Waals surface area contributed by atoms with Crippen LogP contribution in [-0.4, -0.2) is 0 Å². The summed E-state index contributed by atoms with van der Waals surface area (Å²) in [7, 11) is 2.18. The number of hydrogen-bond donors (Lipinski definition) is 0. The number of pyridine rings is 1. The van der Waals surface area contributed by atoms with Crippen LogP contribution in [0.25, 0.3) is 11.3 Å². The van der Waals surface area contributed by atoms with Crippen LogP contribution in [0.2, 0.25) is 0 Å². The molecule has 1 fully saturated rings. The molecular weight excluding hydrogens is 338 g/mol. The predicted octanol–water partition coefficient (Wildman–Crippen LogP) is 6.95. The van der Waals surface area contributed by atoms with E-state index < -0.39 is 0 Å². The molecule has 0 amide bonds. The average Bonchev–Trinajstić information content (AvgIpc) is 2.59. The molecular formula is C27H40N+. The third-order valence-electron chi connectivity index (χ3n) is 7.20. The zero-order valence-corrected chi connectivity index (χ0v) is 19.7. The lowest BCUT2D eigenvalue weighted by Gasteiger charge is -2.42. The van der Waals surface area contributed by atoms with Gasteiger partial charge in [-0.25, -0.2) is 4.57 Å². The molecule has 2 aromatic rings. The molecule has 1 heteroatoms. The summed E-state index contributed by atoms with van der Waals surface area (Å²) in [4.78, 5) is 0. The largest absolute Gasteiger partial charge is 0.212 e. The number of aryl methyl sites for hydroxylation is 3. The van der Waals surface area contributed by atoms with Crippen LogP contribution in [0, 0.1) is 19.3 Å². The van der Waals surface area contributed by atoms with E-state index >= 15 is 0 Å². The first-order valence-electron chi connectivity index (χ1n) is 10.9. The highest BCUT2D eigenvalue weighted by Crippen LogP contribution is 2.46. The van der Waals surface area contributed by atoms with Crippen molar-refractivity contribution in [3.05, 3.63) is 52.7 Å². The maximum atomic E-state index is 2.47. The van der Waals surface area contributed by atoms with Crippen molar-refractivity contribution in [1.29, 1.82) is 0 Å². The third-order valence-corrected chi connectivity index (χ3v) is 7.20. The van der Waals surface area contributed by atoms with Crippen molar-refractivity contribution >= 4 is 0 Å². The first kappa shape index (κ1) is 21.1. The van der Waals surface area contributed by atoms with Crippen LogP contribution in [0.15, 0.2) is 30.5 Å². The van der Waals surface area contributed by atoms with Crippen LogP contribution in [0.3, 0.4) is 0 Å². The minimum atomic E-state index is 0.169. The molecule has 1 saturated carbocycles. The number of nitrogens with zero attached hydrogens (tertiary/aromatic N) is 1. The summed E-state index contributed by atoms with van der Waals surface area (Å²) in [6, 6.07) is 9.59. The van der Waals surface area contributed by atoms with Gasteiger partial charge >= 0.3 is 0 Å². The summed E-state index contributed by atoms with van der Waals surface area (Å²) < 4.78 is 2.31. The Morgan fingerprint density at radius 3 is 2.00 bits per heavy atom. The van der Waals surface area contributed by atoms with Crippen LogP contribution in [0.5, 0.6) is 0 Å². The average molecular weight is 379 g/mol. The molecule has 0 unspecified atom stereocenters. The Morgan fingerprint density at radius 1 is 0.857 bits per heavy atom. The van der Waals surface area contributed by atoms with Crippen LogP contribution in [-0.2, 0) is 17.9 Å². The predicted molar refractivity (Wildman–Crippen MR) is 121 cm³/mol. The van der Waals surface area contributed by atoms with E-state index in [0.717, 1.165) is 0 Å². The SMILES string of the molecule is Cc1cc(C2(C)CCC(C)(C)CC2)ccc1-c1cc(C)c(C(C)(C)C)c[n+]1C. The summed E-state index contributed by atoms with van der Waals surface area (Å²) in [5, 5.41) is 0. The lowest BCUT2D eigenvalue weighted by Crippen LogP contribution is -2.34. The molecule has 0 saturated heterocycles. The van der Waals surface area contributed by atoms with Crippen molar-refractivity contribution in [3.8, 4) is 11.3 Å². The fraction of sp³-hybridized carbons (Fsp3) is 0.593. The van der Waals surface area contributed by atoms with Crippen molar-refractivity contribution in [2.75, 3.05) is 0 Å². The molecule has 1 aliphatic rings. The molecule has 1 aromatic carbocycles. The fourth-order valence-corrected chi connectivity index (χ4v) is 4.90. The summed E-state index contributed by atoms with van der Waals surface area (Å²) in [6.45, 7) is 18.7. The van der Waals surface area contributed by atoms with Crippen LogP contribution < -0.4 is 4.57 Å². The van der Waals surface area contributed by atoms with Gasteiger partial charge in [-0.1, -0.05) is 53.7 Å². The maximum absolute atomic E-state index is 2.47. The van der Waals surface area contributed by atoms with Crippen LogP contribution >= 0.6 is 0 Å². The van der Waals surface area contributed by atoms with Gasteiger partial charge in [-0.3, -0.25) is 0 Å². The second-order valence-corrected chi connectivity index (χ2v) is 11.4. The standard InChI is InChI=1S/C27H40N/c1-19-16-21(27(8)14-12-26(6,7)13-15-27)10-11-22(19)24-17-20(2)23(18-28(24)9)25(3,4)5/h10-11,16-18H,12-15H2,1-9H3/q+1. The van der Waals surface area contributed by atoms with Gasteiger partial charge in [0, 0.05) is 17.2 Å². The molecule has 0 bridgehead atoms. The van der Waals surface area contributed by atoms with Gasteiger partial charge in [0.15, 0.2) is 6.20 Å². The highest BCUT2D eigenvalue weighted by Gasteiger charge is 2.36. The van der Waals surface area contributed by atoms with E-state index in [1.54, 1.807) is 0 Å². The summed E-state index contributed by atoms with van der Waals surface area (Å²) >= 11 is 0. The summed E-state index contributed by atoms with van der Waals surface area (Å²) in [5.74, 6) is 0. The van der Waals surface area contributed by atoms with Gasteiger partial charge in [0.2, 0.25) is 5.69 Å². The topological polar surface area (TPSA) is 3.88 Å². The van der Waals surface area contributed by atoms with Gasteiger partial charge < -0.3 is 0 Å². The molecule has 0 atom stereocenters. The van der Waals surface area contributed by atoms with Gasteiger partial charge in [-0.05, 0) is 78.5 Å². The van der Waals surface area contributed by atoms with E-state index in [0.29, 0.717) is 10.8 Å². The molecule has 1 heterocycles. The molecule has 3 rings (SSSR count). The third kappa shape index (κ3) is 4.04. The molecule has 0 spiro atoms. The monoisotopic (exact) mass is 378 g/mol. The minimum Gasteiger partial charge on any atom is -0.201 e. The number of aromatic nitrogens is 1. The normalized spacial score (nSPS) is 18.9. The Morgan fingerprint density at radius 2 is 1.46 bits per heavy atom. The Kier molecular flexibility index (Phi) is 5.28. The van der Waals surface area contributed by atoms with E-state index in [1.807, 2.05) is 0 Å². The molecule has 0 N–H and O–H groups in total. The van der Waals surface area contributed by atoms with Crippen molar-refractivity contribution in [2.45, 2.75) is 91.9 Å². The highest BCUT2D eigenvalue weighted by molar-refractivity contribution is 5.63. The zero-order valence-electron chi connectivity index (χ0n) is 19.7. The molecule has 1 nitrogen and oxygen atoms in total. The van der Waals surface area contributed by atoms with Crippen LogP contribution in [0.4, 0.5) is 0 Å². The van der Waals surface area contributed by atoms with Crippen molar-refractivity contribution in [3.63, 3.8) is 0 Å². The lowest BCUT2D eigenvalue weighted by molar-refractivity contribution is -0.661. The van der Waals surface area contributed by atoms with Gasteiger partial charge in [-0.15, -0.1) is 0 Å². The smallest absolute Gasteiger partial charge is 0.201 e. The van der Waals surface area contributed by atoms with Crippen molar-refractivity contribution < 1.29 is 4.57 Å². The number of rotatable bonds is 2. The van der Waals surface area contributed by atoms with Gasteiger partial charge in [0.05, 0.1) is 0 Å². The Hall–Kier alpha value is -1.63. The highest BCUT2D eigenvalue weighted by atomic mass is 14.9. The first-order valence-corrected chi connectivity index (χ1v) is 10.9. The van der Waals surface area contributed by atoms with Gasteiger partial charge in [0.1, 0.15) is 7.05 Å². The molecule has 0 radical (unpaired) electrons. The molecule has 0 aliphatic heterocycles.